The Balaban J connectivity index is 2.80. The lowest BCUT2D eigenvalue weighted by atomic mass is 10.3. The molecular weight excluding hydrogens is 180 g/mol. The molecule has 0 fully saturated rings. The first-order valence-corrected chi connectivity index (χ1v) is 5.20. The molecule has 0 unspecified atom stereocenters. The Labute approximate surface area is 83.5 Å². The van der Waals surface area contributed by atoms with Gasteiger partial charge >= 0.3 is 0 Å². The van der Waals surface area contributed by atoms with E-state index in [1.54, 1.807) is 17.8 Å². The zero-order valence-corrected chi connectivity index (χ0v) is 8.77. The number of para-hydroxylation sites is 1. The number of thioether (sulfide) groups is 1. The van der Waals surface area contributed by atoms with E-state index >= 15 is 0 Å². The first kappa shape index (κ1) is 10.2. The minimum absolute atomic E-state index is 0.361. The summed E-state index contributed by atoms with van der Waals surface area (Å²) in [4.78, 5) is 2.21. The van der Waals surface area contributed by atoms with Crippen LogP contribution in [0, 0.1) is 0 Å². The van der Waals surface area contributed by atoms with Crippen LogP contribution < -0.4 is 0 Å². The number of hydrogen-bond acceptors (Lipinski definition) is 2. The van der Waals surface area contributed by atoms with Crippen LogP contribution in [0.4, 0.5) is 0 Å². The van der Waals surface area contributed by atoms with Crippen molar-refractivity contribution < 1.29 is 5.11 Å². The molecule has 0 atom stereocenters. The molecule has 0 heterocycles. The highest BCUT2D eigenvalue weighted by Gasteiger charge is 2.01. The molecule has 0 amide bonds. The van der Waals surface area contributed by atoms with Crippen molar-refractivity contribution in [3.8, 4) is 5.75 Å². The third-order valence-corrected chi connectivity index (χ3v) is 3.13. The van der Waals surface area contributed by atoms with Gasteiger partial charge in [-0.1, -0.05) is 36.9 Å². The highest BCUT2D eigenvalue weighted by molar-refractivity contribution is 8.03. The summed E-state index contributed by atoms with van der Waals surface area (Å²) in [7, 11) is 0. The zero-order valence-electron chi connectivity index (χ0n) is 7.95. The Kier molecular flexibility index (Phi) is 3.90. The fraction of sp³-hybridized carbons (Fsp3) is 0.273. The van der Waals surface area contributed by atoms with Crippen molar-refractivity contribution in [3.63, 3.8) is 0 Å². The van der Waals surface area contributed by atoms with E-state index in [1.165, 1.54) is 4.91 Å². The Morgan fingerprint density at radius 2 is 2.15 bits per heavy atom. The van der Waals surface area contributed by atoms with E-state index < -0.39 is 0 Å². The lowest BCUT2D eigenvalue weighted by Crippen LogP contribution is -1.76. The molecule has 0 saturated heterocycles. The quantitative estimate of drug-likeness (QED) is 0.738. The molecule has 2 heteroatoms. The molecule has 0 bridgehead atoms. The fourth-order valence-electron chi connectivity index (χ4n) is 1.02. The fourth-order valence-corrected chi connectivity index (χ4v) is 1.88. The van der Waals surface area contributed by atoms with Crippen LogP contribution in [0.3, 0.4) is 0 Å². The molecule has 1 N–H and O–H groups in total. The van der Waals surface area contributed by atoms with Crippen LogP contribution in [0.1, 0.15) is 20.3 Å². The second-order valence-corrected chi connectivity index (χ2v) is 3.85. The second-order valence-electron chi connectivity index (χ2n) is 2.68. The maximum atomic E-state index is 9.50. The van der Waals surface area contributed by atoms with Gasteiger partial charge in [0.15, 0.2) is 0 Å². The van der Waals surface area contributed by atoms with E-state index in [4.69, 9.17) is 0 Å². The maximum Gasteiger partial charge on any atom is 0.129 e. The van der Waals surface area contributed by atoms with Crippen molar-refractivity contribution in [3.05, 3.63) is 35.2 Å². The van der Waals surface area contributed by atoms with Crippen molar-refractivity contribution in [2.75, 3.05) is 0 Å². The summed E-state index contributed by atoms with van der Waals surface area (Å²) in [5.74, 6) is 0.361. The number of hydrogen-bond donors (Lipinski definition) is 1. The smallest absolute Gasteiger partial charge is 0.129 e. The van der Waals surface area contributed by atoms with Gasteiger partial charge in [0.1, 0.15) is 5.75 Å². The van der Waals surface area contributed by atoms with Gasteiger partial charge in [-0.05, 0) is 30.4 Å². The van der Waals surface area contributed by atoms with Crippen molar-refractivity contribution >= 4 is 11.8 Å². The predicted octanol–water partition coefficient (Wildman–Crippen LogP) is 3.80. The molecule has 0 aliphatic rings. The third-order valence-electron chi connectivity index (χ3n) is 1.78. The van der Waals surface area contributed by atoms with E-state index in [0.29, 0.717) is 5.75 Å². The van der Waals surface area contributed by atoms with E-state index in [0.717, 1.165) is 11.3 Å². The normalized spacial score (nSPS) is 11.7. The number of rotatable bonds is 3. The molecule has 13 heavy (non-hydrogen) atoms. The zero-order chi connectivity index (χ0) is 9.68. The number of phenolic OH excluding ortho intramolecular Hbond substituents is 1. The first-order chi connectivity index (χ1) is 6.27. The van der Waals surface area contributed by atoms with Gasteiger partial charge in [-0.3, -0.25) is 0 Å². The Morgan fingerprint density at radius 3 is 2.69 bits per heavy atom. The molecule has 0 saturated carbocycles. The van der Waals surface area contributed by atoms with Gasteiger partial charge in [-0.25, -0.2) is 0 Å². The number of allylic oxidation sites excluding steroid dienone is 2. The molecule has 0 aromatic heterocycles. The van der Waals surface area contributed by atoms with E-state index in [2.05, 4.69) is 13.0 Å². The molecule has 0 spiro atoms. The van der Waals surface area contributed by atoms with Gasteiger partial charge in [-0.15, -0.1) is 0 Å². The molecule has 0 radical (unpaired) electrons. The summed E-state index contributed by atoms with van der Waals surface area (Å²) < 4.78 is 0. The summed E-state index contributed by atoms with van der Waals surface area (Å²) in [5.41, 5.74) is 0. The minimum atomic E-state index is 0.361. The highest BCUT2D eigenvalue weighted by Crippen LogP contribution is 2.34. The number of aromatic hydroxyl groups is 1. The van der Waals surface area contributed by atoms with Crippen LogP contribution in [0.2, 0.25) is 0 Å². The second kappa shape index (κ2) is 4.97. The van der Waals surface area contributed by atoms with Crippen LogP contribution >= 0.6 is 11.8 Å². The Bertz CT molecular complexity index is 305. The lowest BCUT2D eigenvalue weighted by Gasteiger charge is -2.05. The van der Waals surface area contributed by atoms with Crippen molar-refractivity contribution in [1.29, 1.82) is 0 Å². The van der Waals surface area contributed by atoms with E-state index in [1.807, 2.05) is 25.1 Å². The first-order valence-electron chi connectivity index (χ1n) is 4.39. The topological polar surface area (TPSA) is 20.2 Å². The molecular formula is C11H14OS. The van der Waals surface area contributed by atoms with Gasteiger partial charge in [0.2, 0.25) is 0 Å². The van der Waals surface area contributed by atoms with Gasteiger partial charge in [0, 0.05) is 0 Å². The number of benzene rings is 1. The Hall–Kier alpha value is -0.890. The third kappa shape index (κ3) is 2.81. The summed E-state index contributed by atoms with van der Waals surface area (Å²) >= 11 is 1.63. The van der Waals surface area contributed by atoms with Gasteiger partial charge in [0.25, 0.3) is 0 Å². The van der Waals surface area contributed by atoms with Gasteiger partial charge in [0.05, 0.1) is 4.90 Å². The van der Waals surface area contributed by atoms with Crippen LogP contribution in [0.5, 0.6) is 5.75 Å². The summed E-state index contributed by atoms with van der Waals surface area (Å²) in [6, 6.07) is 7.41. The highest BCUT2D eigenvalue weighted by atomic mass is 32.2. The van der Waals surface area contributed by atoms with Crippen molar-refractivity contribution in [1.82, 2.24) is 0 Å². The molecule has 0 aliphatic heterocycles. The standard InChI is InChI=1S/C11H14OS/c1-3-9(4-2)13-11-8-6-5-7-10(11)12/h3,5-8,12H,4H2,1-2H3/b9-3-. The van der Waals surface area contributed by atoms with Gasteiger partial charge in [-0.2, -0.15) is 0 Å². The van der Waals surface area contributed by atoms with E-state index in [-0.39, 0.29) is 0 Å². The summed E-state index contributed by atoms with van der Waals surface area (Å²) in [5, 5.41) is 9.50. The average Bonchev–Trinajstić information content (AvgIpc) is 2.17. The summed E-state index contributed by atoms with van der Waals surface area (Å²) in [6.45, 7) is 4.13. The molecule has 70 valence electrons. The molecule has 1 rings (SSSR count). The molecule has 0 aliphatic carbocycles. The van der Waals surface area contributed by atoms with Crippen LogP contribution in [-0.2, 0) is 0 Å². The lowest BCUT2D eigenvalue weighted by molar-refractivity contribution is 0.462. The monoisotopic (exact) mass is 194 g/mol. The van der Waals surface area contributed by atoms with Crippen molar-refractivity contribution in [2.24, 2.45) is 0 Å². The maximum absolute atomic E-state index is 9.50. The Morgan fingerprint density at radius 1 is 1.46 bits per heavy atom. The van der Waals surface area contributed by atoms with Crippen LogP contribution in [-0.4, -0.2) is 5.11 Å². The molecule has 1 aromatic rings. The van der Waals surface area contributed by atoms with Crippen molar-refractivity contribution in [2.45, 2.75) is 25.2 Å². The van der Waals surface area contributed by atoms with E-state index in [9.17, 15) is 5.11 Å². The SMILES string of the molecule is C/C=C(/CC)Sc1ccccc1O. The minimum Gasteiger partial charge on any atom is -0.507 e. The van der Waals surface area contributed by atoms with Crippen LogP contribution in [0.25, 0.3) is 0 Å². The number of phenols is 1. The van der Waals surface area contributed by atoms with Gasteiger partial charge < -0.3 is 5.11 Å². The van der Waals surface area contributed by atoms with Crippen LogP contribution in [0.15, 0.2) is 40.1 Å². The molecule has 1 aromatic carbocycles. The average molecular weight is 194 g/mol. The predicted molar refractivity (Wildman–Crippen MR) is 58.0 cm³/mol. The molecule has 1 nitrogen and oxygen atoms in total. The largest absolute Gasteiger partial charge is 0.507 e. The summed E-state index contributed by atoms with van der Waals surface area (Å²) in [6.07, 6.45) is 3.09.